The van der Waals surface area contributed by atoms with Crippen LogP contribution in [0.15, 0.2) is 66.0 Å². The summed E-state index contributed by atoms with van der Waals surface area (Å²) < 4.78 is 53.4. The largest absolute Gasteiger partial charge is 0.416 e. The van der Waals surface area contributed by atoms with Crippen LogP contribution in [0.1, 0.15) is 33.6 Å². The van der Waals surface area contributed by atoms with E-state index in [2.05, 4.69) is 0 Å². The molecule has 0 aliphatic carbocycles. The molecule has 1 aliphatic heterocycles. The van der Waals surface area contributed by atoms with Crippen molar-refractivity contribution >= 4 is 22.9 Å². The quantitative estimate of drug-likeness (QED) is 0.421. The zero-order valence-electron chi connectivity index (χ0n) is 17.2. The lowest BCUT2D eigenvalue weighted by atomic mass is 10.00. The minimum atomic E-state index is -4.39. The smallest absolute Gasteiger partial charge is 0.305 e. The molecule has 3 aromatic rings. The molecule has 0 unspecified atom stereocenters. The highest BCUT2D eigenvalue weighted by Gasteiger charge is 2.34. The molecule has 168 valence electrons. The Balaban J connectivity index is 1.50. The maximum Gasteiger partial charge on any atom is 0.416 e. The van der Waals surface area contributed by atoms with Gasteiger partial charge >= 0.3 is 6.18 Å². The number of alkyl halides is 3. The molecule has 1 amide bonds. The van der Waals surface area contributed by atoms with Crippen molar-refractivity contribution in [2.45, 2.75) is 31.6 Å². The van der Waals surface area contributed by atoms with E-state index in [1.165, 1.54) is 35.6 Å². The van der Waals surface area contributed by atoms with Gasteiger partial charge in [-0.3, -0.25) is 9.69 Å². The summed E-state index contributed by atoms with van der Waals surface area (Å²) in [4.78, 5) is 17.5. The normalized spacial score (nSPS) is 15.6. The lowest BCUT2D eigenvalue weighted by Gasteiger charge is -2.38. The number of likely N-dealkylation sites (tertiary alicyclic amines) is 1. The van der Waals surface area contributed by atoms with Crippen LogP contribution >= 0.6 is 11.3 Å². The molecule has 2 heterocycles. The van der Waals surface area contributed by atoms with E-state index in [9.17, 15) is 22.4 Å². The Morgan fingerprint density at radius 3 is 2.31 bits per heavy atom. The number of carbonyl (C=O) groups is 1. The number of rotatable bonds is 5. The van der Waals surface area contributed by atoms with Gasteiger partial charge in [0.25, 0.3) is 5.91 Å². The van der Waals surface area contributed by atoms with Crippen LogP contribution in [0.25, 0.3) is 0 Å². The van der Waals surface area contributed by atoms with Crippen LogP contribution in [0.3, 0.4) is 0 Å². The van der Waals surface area contributed by atoms with E-state index < -0.39 is 11.7 Å². The second-order valence-corrected chi connectivity index (χ2v) is 8.74. The van der Waals surface area contributed by atoms with Crippen molar-refractivity contribution in [2.24, 2.45) is 0 Å². The molecule has 0 bridgehead atoms. The summed E-state index contributed by atoms with van der Waals surface area (Å²) >= 11 is 1.35. The number of hydrogen-bond acceptors (Lipinski definition) is 3. The van der Waals surface area contributed by atoms with Gasteiger partial charge in [0.1, 0.15) is 5.82 Å². The predicted octanol–water partition coefficient (Wildman–Crippen LogP) is 6.22. The van der Waals surface area contributed by atoms with E-state index in [-0.39, 0.29) is 29.9 Å². The Labute approximate surface area is 187 Å². The standard InChI is InChI=1S/C24H22F4N2OS/c25-18-7-9-19(10-8-18)30(23(31)22-6-3-15-32-22)20-11-13-29(14-12-20)16-17-4-1-2-5-21(17)24(26,27)28/h1-10,15,20H,11-14,16H2. The lowest BCUT2D eigenvalue weighted by molar-refractivity contribution is -0.138. The van der Waals surface area contributed by atoms with Crippen LogP contribution in [-0.2, 0) is 12.7 Å². The second-order valence-electron chi connectivity index (χ2n) is 7.79. The van der Waals surface area contributed by atoms with Crippen molar-refractivity contribution in [2.75, 3.05) is 18.0 Å². The molecule has 3 nitrogen and oxygen atoms in total. The number of piperidine rings is 1. The zero-order chi connectivity index (χ0) is 22.7. The van der Waals surface area contributed by atoms with Crippen molar-refractivity contribution < 1.29 is 22.4 Å². The molecule has 8 heteroatoms. The van der Waals surface area contributed by atoms with Crippen LogP contribution in [0.2, 0.25) is 0 Å². The number of benzene rings is 2. The Kier molecular flexibility index (Phi) is 6.62. The molecule has 0 atom stereocenters. The first kappa shape index (κ1) is 22.5. The first-order chi connectivity index (χ1) is 15.3. The Hall–Kier alpha value is -2.71. The van der Waals surface area contributed by atoms with Gasteiger partial charge in [-0.1, -0.05) is 24.3 Å². The third kappa shape index (κ3) is 5.02. The maximum atomic E-state index is 13.5. The average Bonchev–Trinajstić information content (AvgIpc) is 3.31. The number of halogens is 4. The first-order valence-electron chi connectivity index (χ1n) is 10.3. The van der Waals surface area contributed by atoms with Gasteiger partial charge in [0, 0.05) is 31.4 Å². The SMILES string of the molecule is O=C(c1cccs1)N(c1ccc(F)cc1)C1CCN(Cc2ccccc2C(F)(F)F)CC1. The Bertz CT molecular complexity index is 1040. The molecule has 32 heavy (non-hydrogen) atoms. The van der Waals surface area contributed by atoms with Gasteiger partial charge in [-0.05, 0) is 60.2 Å². The van der Waals surface area contributed by atoms with Crippen LogP contribution in [-0.4, -0.2) is 29.9 Å². The molecule has 4 rings (SSSR count). The zero-order valence-corrected chi connectivity index (χ0v) is 18.0. The van der Waals surface area contributed by atoms with Crippen LogP contribution in [0, 0.1) is 5.82 Å². The van der Waals surface area contributed by atoms with Crippen molar-refractivity contribution in [1.29, 1.82) is 0 Å². The minimum Gasteiger partial charge on any atom is -0.305 e. The third-order valence-electron chi connectivity index (χ3n) is 5.69. The molecule has 1 fully saturated rings. The van der Waals surface area contributed by atoms with E-state index >= 15 is 0 Å². The first-order valence-corrected chi connectivity index (χ1v) is 11.2. The van der Waals surface area contributed by atoms with Gasteiger partial charge < -0.3 is 4.90 Å². The van der Waals surface area contributed by atoms with Crippen molar-refractivity contribution in [3.63, 3.8) is 0 Å². The van der Waals surface area contributed by atoms with E-state index in [1.807, 2.05) is 10.3 Å². The molecule has 1 saturated heterocycles. The highest BCUT2D eigenvalue weighted by atomic mass is 32.1. The predicted molar refractivity (Wildman–Crippen MR) is 117 cm³/mol. The van der Waals surface area contributed by atoms with Crippen LogP contribution in [0.5, 0.6) is 0 Å². The summed E-state index contributed by atoms with van der Waals surface area (Å²) in [7, 11) is 0. The number of amides is 1. The molecule has 2 aromatic carbocycles. The van der Waals surface area contributed by atoms with E-state index in [4.69, 9.17) is 0 Å². The number of thiophene rings is 1. The molecular weight excluding hydrogens is 440 g/mol. The average molecular weight is 463 g/mol. The third-order valence-corrected chi connectivity index (χ3v) is 6.55. The van der Waals surface area contributed by atoms with Crippen molar-refractivity contribution in [1.82, 2.24) is 4.90 Å². The van der Waals surface area contributed by atoms with Crippen molar-refractivity contribution in [3.8, 4) is 0 Å². The molecule has 0 N–H and O–H groups in total. The Morgan fingerprint density at radius 2 is 1.69 bits per heavy atom. The summed E-state index contributed by atoms with van der Waals surface area (Å²) in [5, 5.41) is 1.83. The van der Waals surface area contributed by atoms with E-state index in [0.717, 1.165) is 6.07 Å². The molecule has 0 saturated carbocycles. The maximum absolute atomic E-state index is 13.5. The second kappa shape index (κ2) is 9.42. The highest BCUT2D eigenvalue weighted by molar-refractivity contribution is 7.12. The van der Waals surface area contributed by atoms with E-state index in [0.29, 0.717) is 36.5 Å². The highest BCUT2D eigenvalue weighted by Crippen LogP contribution is 2.33. The summed E-state index contributed by atoms with van der Waals surface area (Å²) in [6.45, 7) is 1.33. The van der Waals surface area contributed by atoms with Crippen LogP contribution < -0.4 is 4.90 Å². The Morgan fingerprint density at radius 1 is 1.00 bits per heavy atom. The fraction of sp³-hybridized carbons (Fsp3) is 0.292. The topological polar surface area (TPSA) is 23.6 Å². The monoisotopic (exact) mass is 462 g/mol. The summed E-state index contributed by atoms with van der Waals surface area (Å²) in [5.41, 5.74) is 0.261. The molecule has 1 aliphatic rings. The number of anilines is 1. The van der Waals surface area contributed by atoms with Gasteiger partial charge in [0.05, 0.1) is 10.4 Å². The van der Waals surface area contributed by atoms with Gasteiger partial charge in [0.15, 0.2) is 0 Å². The van der Waals surface area contributed by atoms with Crippen LogP contribution in [0.4, 0.5) is 23.2 Å². The van der Waals surface area contributed by atoms with Gasteiger partial charge in [0.2, 0.25) is 0 Å². The molecular formula is C24H22F4N2OS. The van der Waals surface area contributed by atoms with Gasteiger partial charge in [-0.25, -0.2) is 4.39 Å². The number of hydrogen-bond donors (Lipinski definition) is 0. The molecule has 1 aromatic heterocycles. The summed E-state index contributed by atoms with van der Waals surface area (Å²) in [5.74, 6) is -0.525. The number of nitrogens with zero attached hydrogens (tertiary/aromatic N) is 2. The number of carbonyl (C=O) groups excluding carboxylic acids is 1. The fourth-order valence-corrected chi connectivity index (χ4v) is 4.79. The summed E-state index contributed by atoms with van der Waals surface area (Å²) in [6, 6.07) is 14.9. The molecule has 0 spiro atoms. The lowest BCUT2D eigenvalue weighted by Crippen LogP contribution is -2.47. The molecule has 0 radical (unpaired) electrons. The fourth-order valence-electron chi connectivity index (χ4n) is 4.13. The van der Waals surface area contributed by atoms with E-state index in [1.54, 1.807) is 35.2 Å². The van der Waals surface area contributed by atoms with Crippen molar-refractivity contribution in [3.05, 3.63) is 87.9 Å². The van der Waals surface area contributed by atoms with Gasteiger partial charge in [-0.15, -0.1) is 11.3 Å². The van der Waals surface area contributed by atoms with Gasteiger partial charge in [-0.2, -0.15) is 13.2 Å². The minimum absolute atomic E-state index is 0.121. The summed E-state index contributed by atoms with van der Waals surface area (Å²) in [6.07, 6.45) is -3.16.